The zero-order valence-electron chi connectivity index (χ0n) is 6.39. The third-order valence-corrected chi connectivity index (χ3v) is 1.87. The van der Waals surface area contributed by atoms with Gasteiger partial charge in [0.2, 0.25) is 0 Å². The molecule has 0 aliphatic rings. The van der Waals surface area contributed by atoms with Gasteiger partial charge in [-0.1, -0.05) is 17.6 Å². The van der Waals surface area contributed by atoms with Crippen molar-refractivity contribution in [2.75, 3.05) is 5.73 Å². The van der Waals surface area contributed by atoms with E-state index in [0.717, 1.165) is 16.6 Å². The molecule has 2 aromatic rings. The van der Waals surface area contributed by atoms with E-state index in [-0.39, 0.29) is 0 Å². The monoisotopic (exact) mass is 144 g/mol. The molecule has 0 aliphatic carbocycles. The Kier molecular flexibility index (Phi) is 1.18. The van der Waals surface area contributed by atoms with Gasteiger partial charge in [0.15, 0.2) is 0 Å². The average molecular weight is 144 g/mol. The van der Waals surface area contributed by atoms with Gasteiger partial charge in [0.05, 0.1) is 5.69 Å². The zero-order valence-corrected chi connectivity index (χ0v) is 6.39. The van der Waals surface area contributed by atoms with Gasteiger partial charge in [0.1, 0.15) is 7.85 Å². The second-order valence-electron chi connectivity index (χ2n) is 2.79. The van der Waals surface area contributed by atoms with Crippen molar-refractivity contribution in [3.05, 3.63) is 24.4 Å². The Morgan fingerprint density at radius 1 is 1.36 bits per heavy atom. The fourth-order valence-electron chi connectivity index (χ4n) is 1.26. The molecule has 0 fully saturated rings. The molecule has 0 amide bonds. The molecule has 0 radical (unpaired) electrons. The molecule has 0 saturated carbocycles. The van der Waals surface area contributed by atoms with Gasteiger partial charge in [-0.05, 0) is 6.07 Å². The number of hydrogen-bond acceptors (Lipinski definition) is 1. The van der Waals surface area contributed by atoms with Crippen LogP contribution in [-0.4, -0.2) is 12.8 Å². The van der Waals surface area contributed by atoms with Gasteiger partial charge in [0, 0.05) is 17.1 Å². The lowest BCUT2D eigenvalue weighted by Gasteiger charge is -1.92. The van der Waals surface area contributed by atoms with E-state index >= 15 is 0 Å². The molecule has 1 heterocycles. The van der Waals surface area contributed by atoms with E-state index in [0.29, 0.717) is 0 Å². The number of nitrogen functional groups attached to an aromatic ring is 1. The van der Waals surface area contributed by atoms with E-state index in [1.54, 1.807) is 0 Å². The van der Waals surface area contributed by atoms with Crippen molar-refractivity contribution in [2.24, 2.45) is 0 Å². The third kappa shape index (κ3) is 0.890. The van der Waals surface area contributed by atoms with Crippen LogP contribution in [-0.2, 0) is 0 Å². The number of nitrogens with one attached hydrogen (secondary N) is 1. The summed E-state index contributed by atoms with van der Waals surface area (Å²) in [6.45, 7) is 0. The van der Waals surface area contributed by atoms with Gasteiger partial charge in [-0.2, -0.15) is 0 Å². The van der Waals surface area contributed by atoms with Crippen molar-refractivity contribution in [3.8, 4) is 0 Å². The molecule has 0 bridgehead atoms. The fourth-order valence-corrected chi connectivity index (χ4v) is 1.26. The molecule has 1 aromatic heterocycles. The Morgan fingerprint density at radius 2 is 2.18 bits per heavy atom. The molecule has 0 spiro atoms. The lowest BCUT2D eigenvalue weighted by Crippen LogP contribution is -1.99. The lowest BCUT2D eigenvalue weighted by molar-refractivity contribution is 1.48. The summed E-state index contributed by atoms with van der Waals surface area (Å²) in [4.78, 5) is 3.09. The Morgan fingerprint density at radius 3 is 3.00 bits per heavy atom. The van der Waals surface area contributed by atoms with E-state index in [4.69, 9.17) is 5.73 Å². The van der Waals surface area contributed by atoms with Crippen molar-refractivity contribution in [3.63, 3.8) is 0 Å². The van der Waals surface area contributed by atoms with Gasteiger partial charge in [0.25, 0.3) is 0 Å². The Labute approximate surface area is 65.8 Å². The maximum absolute atomic E-state index is 5.71. The average Bonchev–Trinajstić information content (AvgIpc) is 2.33. The SMILES string of the molecule is Bc1ccc2[nH]cc(N)c2c1. The quantitative estimate of drug-likeness (QED) is 0.502. The highest BCUT2D eigenvalue weighted by molar-refractivity contribution is 6.33. The van der Waals surface area contributed by atoms with Crippen LogP contribution >= 0.6 is 0 Å². The van der Waals surface area contributed by atoms with Crippen molar-refractivity contribution < 1.29 is 0 Å². The standard InChI is InChI=1S/C8H9BN2/c9-5-1-2-8-6(3-5)7(10)4-11-8/h1-4,11H,9-10H2. The third-order valence-electron chi connectivity index (χ3n) is 1.87. The number of benzene rings is 1. The van der Waals surface area contributed by atoms with Crippen LogP contribution in [0.5, 0.6) is 0 Å². The number of anilines is 1. The number of aromatic nitrogens is 1. The zero-order chi connectivity index (χ0) is 7.84. The van der Waals surface area contributed by atoms with Crippen molar-refractivity contribution in [2.45, 2.75) is 0 Å². The highest BCUT2D eigenvalue weighted by Crippen LogP contribution is 2.17. The van der Waals surface area contributed by atoms with Crippen LogP contribution in [0.2, 0.25) is 0 Å². The summed E-state index contributed by atoms with van der Waals surface area (Å²) in [6.07, 6.45) is 1.82. The number of fused-ring (bicyclic) bond motifs is 1. The van der Waals surface area contributed by atoms with Crippen LogP contribution in [0.25, 0.3) is 10.9 Å². The topological polar surface area (TPSA) is 41.8 Å². The van der Waals surface area contributed by atoms with Crippen LogP contribution in [0.3, 0.4) is 0 Å². The van der Waals surface area contributed by atoms with Crippen molar-refractivity contribution in [1.29, 1.82) is 0 Å². The molecular weight excluding hydrogens is 135 g/mol. The number of H-pyrrole nitrogens is 1. The lowest BCUT2D eigenvalue weighted by atomic mass is 9.95. The maximum atomic E-state index is 5.71. The molecule has 0 unspecified atom stereocenters. The minimum absolute atomic E-state index is 0.823. The molecule has 54 valence electrons. The van der Waals surface area contributed by atoms with Gasteiger partial charge < -0.3 is 10.7 Å². The molecule has 1 aromatic carbocycles. The first kappa shape index (κ1) is 6.34. The second-order valence-corrected chi connectivity index (χ2v) is 2.79. The smallest absolute Gasteiger partial charge is 0.139 e. The molecule has 0 saturated heterocycles. The summed E-state index contributed by atoms with van der Waals surface area (Å²) in [5.74, 6) is 0. The van der Waals surface area contributed by atoms with E-state index in [9.17, 15) is 0 Å². The Balaban J connectivity index is 2.87. The van der Waals surface area contributed by atoms with E-state index in [1.165, 1.54) is 5.46 Å². The van der Waals surface area contributed by atoms with Gasteiger partial charge in [-0.3, -0.25) is 0 Å². The van der Waals surface area contributed by atoms with Crippen molar-refractivity contribution >= 4 is 29.9 Å². The van der Waals surface area contributed by atoms with E-state index < -0.39 is 0 Å². The van der Waals surface area contributed by atoms with Crippen LogP contribution in [0.1, 0.15) is 0 Å². The molecule has 2 nitrogen and oxygen atoms in total. The van der Waals surface area contributed by atoms with Crippen LogP contribution in [0.15, 0.2) is 24.4 Å². The Hall–Kier alpha value is -1.38. The largest absolute Gasteiger partial charge is 0.397 e. The van der Waals surface area contributed by atoms with Gasteiger partial charge >= 0.3 is 0 Å². The minimum atomic E-state index is 0.823. The summed E-state index contributed by atoms with van der Waals surface area (Å²) in [7, 11) is 2.06. The summed E-state index contributed by atoms with van der Waals surface area (Å²) < 4.78 is 0. The first-order chi connectivity index (χ1) is 5.27. The molecular formula is C8H9BN2. The number of rotatable bonds is 0. The highest BCUT2D eigenvalue weighted by atomic mass is 14.7. The van der Waals surface area contributed by atoms with Crippen LogP contribution < -0.4 is 11.2 Å². The highest BCUT2D eigenvalue weighted by Gasteiger charge is 1.97. The normalized spacial score (nSPS) is 10.5. The van der Waals surface area contributed by atoms with Gasteiger partial charge in [-0.15, -0.1) is 0 Å². The number of aromatic amines is 1. The summed E-state index contributed by atoms with van der Waals surface area (Å²) in [5, 5.41) is 1.12. The predicted octanol–water partition coefficient (Wildman–Crippen LogP) is 0.00850. The summed E-state index contributed by atoms with van der Waals surface area (Å²) >= 11 is 0. The summed E-state index contributed by atoms with van der Waals surface area (Å²) in [6, 6.07) is 6.19. The summed E-state index contributed by atoms with van der Waals surface area (Å²) in [5.41, 5.74) is 8.88. The molecule has 11 heavy (non-hydrogen) atoms. The number of nitrogens with two attached hydrogens (primary N) is 1. The Bertz CT molecular complexity index is 392. The fraction of sp³-hybridized carbons (Fsp3) is 0. The first-order valence-corrected chi connectivity index (χ1v) is 3.60. The van der Waals surface area contributed by atoms with Gasteiger partial charge in [-0.25, -0.2) is 0 Å². The van der Waals surface area contributed by atoms with Crippen LogP contribution in [0.4, 0.5) is 5.69 Å². The maximum Gasteiger partial charge on any atom is 0.139 e. The van der Waals surface area contributed by atoms with E-state index in [2.05, 4.69) is 25.0 Å². The molecule has 0 atom stereocenters. The number of hydrogen-bond donors (Lipinski definition) is 2. The minimum Gasteiger partial charge on any atom is -0.397 e. The predicted molar refractivity (Wildman–Crippen MR) is 50.9 cm³/mol. The first-order valence-electron chi connectivity index (χ1n) is 3.60. The van der Waals surface area contributed by atoms with E-state index in [1.807, 2.05) is 12.3 Å². The molecule has 3 heteroatoms. The second kappa shape index (κ2) is 2.05. The van der Waals surface area contributed by atoms with Crippen LogP contribution in [0, 0.1) is 0 Å². The molecule has 2 rings (SSSR count). The molecule has 0 aliphatic heterocycles. The van der Waals surface area contributed by atoms with Crippen molar-refractivity contribution in [1.82, 2.24) is 4.98 Å². The molecule has 3 N–H and O–H groups in total.